The minimum atomic E-state index is -4.55. The van der Waals surface area contributed by atoms with E-state index in [0.717, 1.165) is 34.3 Å². The zero-order valence-electron chi connectivity index (χ0n) is 18.1. The molecule has 1 aliphatic rings. The van der Waals surface area contributed by atoms with E-state index in [9.17, 15) is 26.4 Å². The van der Waals surface area contributed by atoms with Crippen LogP contribution in [0.25, 0.3) is 5.69 Å². The zero-order valence-corrected chi connectivity index (χ0v) is 18.9. The lowest BCUT2D eigenvalue weighted by Crippen LogP contribution is -2.50. The average molecular weight is 494 g/mol. The molecule has 0 saturated carbocycles. The van der Waals surface area contributed by atoms with Gasteiger partial charge in [0.1, 0.15) is 0 Å². The number of hydrogen-bond acceptors (Lipinski definition) is 5. The first-order valence-corrected chi connectivity index (χ1v) is 11.7. The summed E-state index contributed by atoms with van der Waals surface area (Å²) >= 11 is 0. The Morgan fingerprint density at radius 2 is 1.59 bits per heavy atom. The Bertz CT molecular complexity index is 1270. The average Bonchev–Trinajstić information content (AvgIpc) is 3.28. The van der Waals surface area contributed by atoms with Gasteiger partial charge < -0.3 is 9.64 Å². The first-order chi connectivity index (χ1) is 16.1. The number of alkyl halides is 3. The zero-order chi connectivity index (χ0) is 24.5. The molecule has 1 aromatic heterocycles. The van der Waals surface area contributed by atoms with Crippen molar-refractivity contribution in [2.75, 3.05) is 33.3 Å². The van der Waals surface area contributed by atoms with Gasteiger partial charge in [-0.1, -0.05) is 18.2 Å². The summed E-state index contributed by atoms with van der Waals surface area (Å²) in [7, 11) is -2.57. The molecule has 3 aromatic rings. The number of carbonyl (C=O) groups excluding carboxylic acids is 1. The number of carbonyl (C=O) groups is 1. The Morgan fingerprint density at radius 1 is 0.971 bits per heavy atom. The molecule has 0 radical (unpaired) electrons. The highest BCUT2D eigenvalue weighted by Gasteiger charge is 2.34. The molecule has 0 atom stereocenters. The number of amides is 1. The molecule has 0 unspecified atom stereocenters. The maximum atomic E-state index is 13.1. The third kappa shape index (κ3) is 4.64. The van der Waals surface area contributed by atoms with E-state index in [1.54, 1.807) is 6.20 Å². The lowest BCUT2D eigenvalue weighted by atomic mass is 10.2. The van der Waals surface area contributed by atoms with Crippen LogP contribution in [-0.2, 0) is 16.2 Å². The van der Waals surface area contributed by atoms with Crippen LogP contribution in [0.1, 0.15) is 16.1 Å². The summed E-state index contributed by atoms with van der Waals surface area (Å²) in [6.07, 6.45) is -2.96. The van der Waals surface area contributed by atoms with Crippen molar-refractivity contribution in [3.8, 4) is 11.4 Å². The lowest BCUT2D eigenvalue weighted by Gasteiger charge is -2.33. The van der Waals surface area contributed by atoms with Gasteiger partial charge in [-0.25, -0.2) is 13.1 Å². The predicted molar refractivity (Wildman–Crippen MR) is 116 cm³/mol. The van der Waals surface area contributed by atoms with Gasteiger partial charge in [0, 0.05) is 26.2 Å². The van der Waals surface area contributed by atoms with Gasteiger partial charge in [-0.3, -0.25) is 4.79 Å². The number of halogens is 3. The van der Waals surface area contributed by atoms with Crippen LogP contribution in [0, 0.1) is 0 Å². The fourth-order valence-corrected chi connectivity index (χ4v) is 5.04. The molecule has 180 valence electrons. The molecular weight excluding hydrogens is 473 g/mol. The summed E-state index contributed by atoms with van der Waals surface area (Å²) in [4.78, 5) is 14.3. The van der Waals surface area contributed by atoms with Crippen molar-refractivity contribution in [1.82, 2.24) is 19.0 Å². The topological polar surface area (TPSA) is 84.7 Å². The fraction of sp³-hybridized carbons (Fsp3) is 0.273. The van der Waals surface area contributed by atoms with Crippen LogP contribution in [0.2, 0.25) is 0 Å². The molecule has 12 heteroatoms. The first kappa shape index (κ1) is 23.8. The number of aromatic nitrogens is 2. The van der Waals surface area contributed by atoms with Gasteiger partial charge in [0.05, 0.1) is 29.5 Å². The van der Waals surface area contributed by atoms with Gasteiger partial charge >= 0.3 is 6.18 Å². The van der Waals surface area contributed by atoms with Gasteiger partial charge in [-0.15, -0.1) is 0 Å². The maximum absolute atomic E-state index is 13.1. The van der Waals surface area contributed by atoms with E-state index in [2.05, 4.69) is 5.10 Å². The lowest BCUT2D eigenvalue weighted by molar-refractivity contribution is -0.137. The predicted octanol–water partition coefficient (Wildman–Crippen LogP) is 3.05. The highest BCUT2D eigenvalue weighted by atomic mass is 32.2. The molecule has 1 aliphatic heterocycles. The Hall–Kier alpha value is -3.38. The number of benzene rings is 2. The van der Waals surface area contributed by atoms with Crippen LogP contribution >= 0.6 is 0 Å². The van der Waals surface area contributed by atoms with Gasteiger partial charge in [-0.05, 0) is 36.4 Å². The number of piperazine rings is 1. The van der Waals surface area contributed by atoms with Gasteiger partial charge in [0.2, 0.25) is 10.0 Å². The molecule has 0 spiro atoms. The fourth-order valence-electron chi connectivity index (χ4n) is 3.61. The van der Waals surface area contributed by atoms with E-state index in [4.69, 9.17) is 4.74 Å². The highest BCUT2D eigenvalue weighted by molar-refractivity contribution is 7.89. The normalized spacial score (nSPS) is 15.4. The van der Waals surface area contributed by atoms with Crippen molar-refractivity contribution < 1.29 is 31.1 Å². The summed E-state index contributed by atoms with van der Waals surface area (Å²) in [5.41, 5.74) is -0.0801. The van der Waals surface area contributed by atoms with E-state index in [0.29, 0.717) is 0 Å². The molecule has 0 N–H and O–H groups in total. The van der Waals surface area contributed by atoms with Crippen molar-refractivity contribution in [3.63, 3.8) is 0 Å². The number of ether oxygens (including phenoxy) is 1. The van der Waals surface area contributed by atoms with E-state index in [1.165, 1.54) is 16.7 Å². The number of rotatable bonds is 5. The second-order valence-corrected chi connectivity index (χ2v) is 9.48. The summed E-state index contributed by atoms with van der Waals surface area (Å²) < 4.78 is 72.0. The Labute approximate surface area is 194 Å². The summed E-state index contributed by atoms with van der Waals surface area (Å²) in [5.74, 6) is -0.119. The Balaban J connectivity index is 1.46. The van der Waals surface area contributed by atoms with Crippen molar-refractivity contribution >= 4 is 15.9 Å². The summed E-state index contributed by atoms with van der Waals surface area (Å²) in [5, 5.41) is 4.35. The van der Waals surface area contributed by atoms with E-state index in [1.807, 2.05) is 30.3 Å². The van der Waals surface area contributed by atoms with E-state index < -0.39 is 27.7 Å². The monoisotopic (exact) mass is 494 g/mol. The van der Waals surface area contributed by atoms with E-state index >= 15 is 0 Å². The number of nitrogens with zero attached hydrogens (tertiary/aromatic N) is 4. The summed E-state index contributed by atoms with van der Waals surface area (Å²) in [6.45, 7) is 0.188. The van der Waals surface area contributed by atoms with Crippen molar-refractivity contribution in [1.29, 1.82) is 0 Å². The van der Waals surface area contributed by atoms with Gasteiger partial charge in [-0.2, -0.15) is 22.6 Å². The molecule has 2 heterocycles. The van der Waals surface area contributed by atoms with Crippen LogP contribution in [0.15, 0.2) is 65.7 Å². The molecular formula is C22H21F3N4O4S. The van der Waals surface area contributed by atoms with Crippen LogP contribution in [0.5, 0.6) is 5.75 Å². The van der Waals surface area contributed by atoms with Crippen LogP contribution in [0.4, 0.5) is 13.2 Å². The van der Waals surface area contributed by atoms with Crippen LogP contribution in [-0.4, -0.2) is 66.6 Å². The van der Waals surface area contributed by atoms with Crippen molar-refractivity contribution in [2.24, 2.45) is 0 Å². The van der Waals surface area contributed by atoms with Crippen molar-refractivity contribution in [3.05, 3.63) is 72.1 Å². The van der Waals surface area contributed by atoms with Gasteiger partial charge in [0.25, 0.3) is 5.91 Å². The molecule has 1 amide bonds. The van der Waals surface area contributed by atoms with Crippen LogP contribution in [0.3, 0.4) is 0 Å². The second kappa shape index (κ2) is 9.11. The quantitative estimate of drug-likeness (QED) is 0.545. The highest BCUT2D eigenvalue weighted by Crippen LogP contribution is 2.30. The maximum Gasteiger partial charge on any atom is 0.416 e. The third-order valence-electron chi connectivity index (χ3n) is 5.47. The third-order valence-corrected chi connectivity index (χ3v) is 7.38. The standard InChI is InChI=1S/C22H21F3N4O4S/c1-33-19-15-29(17-5-3-2-4-6-17)26-20(19)21(30)27-11-13-28(14-12-27)34(31,32)18-9-7-16(8-10-18)22(23,24)25/h2-10,15H,11-14H2,1H3. The smallest absolute Gasteiger partial charge is 0.416 e. The molecule has 1 saturated heterocycles. The molecule has 0 bridgehead atoms. The molecule has 2 aromatic carbocycles. The Morgan fingerprint density at radius 3 is 2.15 bits per heavy atom. The second-order valence-electron chi connectivity index (χ2n) is 7.54. The first-order valence-electron chi connectivity index (χ1n) is 10.3. The molecule has 1 fully saturated rings. The van der Waals surface area contributed by atoms with E-state index in [-0.39, 0.29) is 42.5 Å². The van der Waals surface area contributed by atoms with Crippen LogP contribution < -0.4 is 4.74 Å². The molecule has 0 aliphatic carbocycles. The minimum absolute atomic E-state index is 0.00317. The molecule has 4 rings (SSSR count). The Kier molecular flexibility index (Phi) is 6.36. The minimum Gasteiger partial charge on any atom is -0.493 e. The number of methoxy groups -OCH3 is 1. The SMILES string of the molecule is COc1cn(-c2ccccc2)nc1C(=O)N1CCN(S(=O)(=O)c2ccc(C(F)(F)F)cc2)CC1. The van der Waals surface area contributed by atoms with Gasteiger partial charge in [0.15, 0.2) is 11.4 Å². The largest absolute Gasteiger partial charge is 0.493 e. The number of hydrogen-bond donors (Lipinski definition) is 0. The van der Waals surface area contributed by atoms with Crippen molar-refractivity contribution in [2.45, 2.75) is 11.1 Å². The number of sulfonamides is 1. The molecule has 8 nitrogen and oxygen atoms in total. The summed E-state index contributed by atoms with van der Waals surface area (Å²) in [6, 6.07) is 12.5. The molecule has 34 heavy (non-hydrogen) atoms. The number of para-hydroxylation sites is 1.